The van der Waals surface area contributed by atoms with Crippen LogP contribution in [0.4, 0.5) is 0 Å². The molecule has 0 fully saturated rings. The number of rotatable bonds is 9. The van der Waals surface area contributed by atoms with Crippen molar-refractivity contribution in [2.75, 3.05) is 6.54 Å². The zero-order valence-electron chi connectivity index (χ0n) is 12.8. The van der Waals surface area contributed by atoms with Gasteiger partial charge in [-0.25, -0.2) is 8.42 Å². The van der Waals surface area contributed by atoms with Crippen LogP contribution >= 0.6 is 0 Å². The molecule has 21 heavy (non-hydrogen) atoms. The van der Waals surface area contributed by atoms with Crippen LogP contribution in [0.15, 0.2) is 21.6 Å². The number of furan rings is 1. The molecule has 1 atom stereocenters. The standard InChI is InChI=1S/C15H24N2O3S/c1-5-7-13(6-2)17-21(18,19)15-9-8-14(20-15)11-16-10-12(3)4/h2,8-9,12-13,16-17H,5,7,10-11H2,1,3-4H3. The SMILES string of the molecule is C#CC(CCC)NS(=O)(=O)c1ccc(CNCC(C)C)o1. The maximum Gasteiger partial charge on any atom is 0.275 e. The zero-order valence-corrected chi connectivity index (χ0v) is 13.7. The molecule has 0 bridgehead atoms. The van der Waals surface area contributed by atoms with Crippen LogP contribution in [0.3, 0.4) is 0 Å². The highest BCUT2D eigenvalue weighted by Crippen LogP contribution is 2.15. The topological polar surface area (TPSA) is 71.3 Å². The lowest BCUT2D eigenvalue weighted by molar-refractivity contribution is 0.393. The molecule has 1 rings (SSSR count). The molecule has 0 aromatic carbocycles. The first-order chi connectivity index (χ1) is 9.89. The number of sulfonamides is 1. The smallest absolute Gasteiger partial charge is 0.275 e. The maximum atomic E-state index is 12.2. The fourth-order valence-electron chi connectivity index (χ4n) is 1.79. The van der Waals surface area contributed by atoms with Crippen LogP contribution in [0.1, 0.15) is 39.4 Å². The molecule has 1 heterocycles. The Balaban J connectivity index is 2.68. The fraction of sp³-hybridized carbons (Fsp3) is 0.600. The molecule has 2 N–H and O–H groups in total. The van der Waals surface area contributed by atoms with Crippen LogP contribution in [0.2, 0.25) is 0 Å². The van der Waals surface area contributed by atoms with Crippen LogP contribution in [0.25, 0.3) is 0 Å². The largest absolute Gasteiger partial charge is 0.447 e. The lowest BCUT2D eigenvalue weighted by atomic mass is 10.2. The highest BCUT2D eigenvalue weighted by molar-refractivity contribution is 7.89. The number of hydrogen-bond acceptors (Lipinski definition) is 4. The molecule has 1 aromatic heterocycles. The molecule has 1 unspecified atom stereocenters. The van der Waals surface area contributed by atoms with Crippen molar-refractivity contribution >= 4 is 10.0 Å². The van der Waals surface area contributed by atoms with Gasteiger partial charge in [0.25, 0.3) is 10.0 Å². The summed E-state index contributed by atoms with van der Waals surface area (Å²) in [4.78, 5) is 0. The minimum atomic E-state index is -3.70. The highest BCUT2D eigenvalue weighted by Gasteiger charge is 2.21. The van der Waals surface area contributed by atoms with Crippen molar-refractivity contribution in [1.82, 2.24) is 10.0 Å². The van der Waals surface area contributed by atoms with Crippen molar-refractivity contribution in [2.24, 2.45) is 5.92 Å². The van der Waals surface area contributed by atoms with Gasteiger partial charge < -0.3 is 9.73 Å². The van der Waals surface area contributed by atoms with Crippen molar-refractivity contribution in [1.29, 1.82) is 0 Å². The third kappa shape index (κ3) is 5.92. The summed E-state index contributed by atoms with van der Waals surface area (Å²) in [6.45, 7) is 7.49. The second-order valence-corrected chi connectivity index (χ2v) is 7.02. The first kappa shape index (κ1) is 17.8. The Bertz CT molecular complexity index is 570. The Morgan fingerprint density at radius 1 is 1.38 bits per heavy atom. The third-order valence-electron chi connectivity index (χ3n) is 2.83. The van der Waals surface area contributed by atoms with E-state index in [1.807, 2.05) is 6.92 Å². The summed E-state index contributed by atoms with van der Waals surface area (Å²) in [5, 5.41) is 3.10. The van der Waals surface area contributed by atoms with Gasteiger partial charge in [-0.2, -0.15) is 4.72 Å². The van der Waals surface area contributed by atoms with E-state index in [1.54, 1.807) is 6.07 Å². The molecule has 5 nitrogen and oxygen atoms in total. The Kier molecular flexibility index (Phi) is 6.96. The van der Waals surface area contributed by atoms with Crippen molar-refractivity contribution < 1.29 is 12.8 Å². The van der Waals surface area contributed by atoms with Crippen molar-refractivity contribution in [3.05, 3.63) is 17.9 Å². The minimum absolute atomic E-state index is 0.0970. The quantitative estimate of drug-likeness (QED) is 0.685. The molecule has 0 saturated heterocycles. The summed E-state index contributed by atoms with van der Waals surface area (Å²) >= 11 is 0. The predicted octanol–water partition coefficient (Wildman–Crippen LogP) is 2.11. The molecule has 0 aliphatic carbocycles. The van der Waals surface area contributed by atoms with Gasteiger partial charge in [0, 0.05) is 0 Å². The highest BCUT2D eigenvalue weighted by atomic mass is 32.2. The first-order valence-electron chi connectivity index (χ1n) is 7.17. The molecular weight excluding hydrogens is 288 g/mol. The molecule has 0 radical (unpaired) electrons. The molecule has 0 aliphatic heterocycles. The van der Waals surface area contributed by atoms with E-state index in [2.05, 4.69) is 29.8 Å². The third-order valence-corrected chi connectivity index (χ3v) is 4.17. The Hall–Kier alpha value is -1.29. The van der Waals surface area contributed by atoms with Gasteiger partial charge in [0.2, 0.25) is 5.09 Å². The molecule has 0 amide bonds. The van der Waals surface area contributed by atoms with E-state index in [9.17, 15) is 8.42 Å². The van der Waals surface area contributed by atoms with E-state index < -0.39 is 16.1 Å². The molecule has 0 spiro atoms. The second kappa shape index (κ2) is 8.23. The van der Waals surface area contributed by atoms with Crippen molar-refractivity contribution in [2.45, 2.75) is 51.3 Å². The van der Waals surface area contributed by atoms with Gasteiger partial charge in [-0.05, 0) is 31.0 Å². The van der Waals surface area contributed by atoms with Gasteiger partial charge in [-0.3, -0.25) is 0 Å². The molecule has 118 valence electrons. The average Bonchev–Trinajstić information content (AvgIpc) is 2.87. The van der Waals surface area contributed by atoms with Crippen LogP contribution < -0.4 is 10.0 Å². The molecule has 0 saturated carbocycles. The summed E-state index contributed by atoms with van der Waals surface area (Å²) < 4.78 is 32.1. The molecule has 6 heteroatoms. The van der Waals surface area contributed by atoms with E-state index in [-0.39, 0.29) is 5.09 Å². The summed E-state index contributed by atoms with van der Waals surface area (Å²) in [6, 6.07) is 2.61. The number of terminal acetylenes is 1. The van der Waals surface area contributed by atoms with Gasteiger partial charge in [-0.15, -0.1) is 6.42 Å². The summed E-state index contributed by atoms with van der Waals surface area (Å²) in [5.41, 5.74) is 0. The lowest BCUT2D eigenvalue weighted by Crippen LogP contribution is -2.33. The van der Waals surface area contributed by atoms with E-state index >= 15 is 0 Å². The van der Waals surface area contributed by atoms with E-state index in [0.717, 1.165) is 13.0 Å². The summed E-state index contributed by atoms with van der Waals surface area (Å²) in [7, 11) is -3.70. The monoisotopic (exact) mass is 312 g/mol. The van der Waals surface area contributed by atoms with Gasteiger partial charge in [-0.1, -0.05) is 33.1 Å². The Morgan fingerprint density at radius 3 is 2.67 bits per heavy atom. The van der Waals surface area contributed by atoms with Crippen LogP contribution in [0.5, 0.6) is 0 Å². The normalized spacial score (nSPS) is 13.3. The number of nitrogens with one attached hydrogen (secondary N) is 2. The van der Waals surface area contributed by atoms with Gasteiger partial charge in [0.15, 0.2) is 0 Å². The Labute approximate surface area is 127 Å². The van der Waals surface area contributed by atoms with E-state index in [1.165, 1.54) is 6.07 Å². The van der Waals surface area contributed by atoms with Crippen LogP contribution in [0, 0.1) is 18.3 Å². The molecule has 0 aliphatic rings. The van der Waals surface area contributed by atoms with E-state index in [4.69, 9.17) is 10.8 Å². The number of hydrogen-bond donors (Lipinski definition) is 2. The lowest BCUT2D eigenvalue weighted by Gasteiger charge is -2.10. The second-order valence-electron chi connectivity index (χ2n) is 5.37. The first-order valence-corrected chi connectivity index (χ1v) is 8.65. The van der Waals surface area contributed by atoms with Crippen LogP contribution in [-0.2, 0) is 16.6 Å². The van der Waals surface area contributed by atoms with Gasteiger partial charge in [0.05, 0.1) is 12.6 Å². The van der Waals surface area contributed by atoms with Gasteiger partial charge in [0.1, 0.15) is 5.76 Å². The summed E-state index contributed by atoms with van der Waals surface area (Å²) in [5.74, 6) is 3.55. The molecule has 1 aromatic rings. The van der Waals surface area contributed by atoms with Crippen molar-refractivity contribution in [3.8, 4) is 12.3 Å². The van der Waals surface area contributed by atoms with E-state index in [0.29, 0.717) is 24.6 Å². The fourth-order valence-corrected chi connectivity index (χ4v) is 2.93. The predicted molar refractivity (Wildman–Crippen MR) is 83.1 cm³/mol. The zero-order chi connectivity index (χ0) is 15.9. The summed E-state index contributed by atoms with van der Waals surface area (Å²) in [6.07, 6.45) is 6.73. The van der Waals surface area contributed by atoms with Gasteiger partial charge >= 0.3 is 0 Å². The minimum Gasteiger partial charge on any atom is -0.447 e. The maximum absolute atomic E-state index is 12.2. The Morgan fingerprint density at radius 2 is 2.10 bits per heavy atom. The molecular formula is C15H24N2O3S. The average molecular weight is 312 g/mol. The van der Waals surface area contributed by atoms with Crippen LogP contribution in [-0.4, -0.2) is 21.0 Å². The van der Waals surface area contributed by atoms with Crippen molar-refractivity contribution in [3.63, 3.8) is 0 Å².